The normalized spacial score (nSPS) is 10.3. The molecule has 126 valence electrons. The Balaban J connectivity index is 2.21. The molecule has 1 aromatic carbocycles. The summed E-state index contributed by atoms with van der Waals surface area (Å²) in [5, 5.41) is 2.84. The maximum absolute atomic E-state index is 12.4. The minimum absolute atomic E-state index is 0.166. The summed E-state index contributed by atoms with van der Waals surface area (Å²) in [6.07, 6.45) is 0. The van der Waals surface area contributed by atoms with Crippen molar-refractivity contribution in [1.82, 2.24) is 9.88 Å². The van der Waals surface area contributed by atoms with Crippen LogP contribution in [0, 0.1) is 13.8 Å². The van der Waals surface area contributed by atoms with Crippen molar-refractivity contribution in [2.24, 2.45) is 0 Å². The fraction of sp³-hybridized carbons (Fsp3) is 0.316. The van der Waals surface area contributed by atoms with Crippen LogP contribution >= 0.6 is 0 Å². The van der Waals surface area contributed by atoms with Gasteiger partial charge >= 0.3 is 0 Å². The number of aromatic nitrogens is 1. The molecule has 0 unspecified atom stereocenters. The molecule has 0 fully saturated rings. The van der Waals surface area contributed by atoms with Gasteiger partial charge in [-0.2, -0.15) is 0 Å². The van der Waals surface area contributed by atoms with Crippen molar-refractivity contribution in [2.45, 2.75) is 27.7 Å². The minimum atomic E-state index is -0.325. The SMILES string of the molecule is CCN(CC)C(=O)c1cccc(C(=O)Nc2cc(C)cc(C)c2)n1. The number of carbonyl (C=O) groups is 2. The number of pyridine rings is 1. The average Bonchev–Trinajstić information content (AvgIpc) is 2.55. The van der Waals surface area contributed by atoms with Crippen LogP contribution in [0.15, 0.2) is 36.4 Å². The molecular formula is C19H23N3O2. The van der Waals surface area contributed by atoms with E-state index < -0.39 is 0 Å². The molecule has 0 atom stereocenters. The zero-order chi connectivity index (χ0) is 17.7. The molecule has 0 saturated heterocycles. The summed E-state index contributed by atoms with van der Waals surface area (Å²) < 4.78 is 0. The van der Waals surface area contributed by atoms with Gasteiger partial charge in [0.25, 0.3) is 11.8 Å². The van der Waals surface area contributed by atoms with E-state index in [1.54, 1.807) is 23.1 Å². The number of nitrogens with zero attached hydrogens (tertiary/aromatic N) is 2. The third kappa shape index (κ3) is 4.19. The molecule has 1 N–H and O–H groups in total. The van der Waals surface area contributed by atoms with Crippen LogP contribution in [0.1, 0.15) is 46.0 Å². The molecule has 0 bridgehead atoms. The van der Waals surface area contributed by atoms with Gasteiger partial charge in [-0.05, 0) is 63.1 Å². The lowest BCUT2D eigenvalue weighted by Gasteiger charge is -2.18. The molecule has 2 rings (SSSR count). The number of amides is 2. The predicted molar refractivity (Wildman–Crippen MR) is 95.4 cm³/mol. The maximum atomic E-state index is 12.4. The van der Waals surface area contributed by atoms with Crippen molar-refractivity contribution in [3.63, 3.8) is 0 Å². The van der Waals surface area contributed by atoms with E-state index in [0.717, 1.165) is 16.8 Å². The molecule has 0 saturated carbocycles. The summed E-state index contributed by atoms with van der Waals surface area (Å²) in [7, 11) is 0. The van der Waals surface area contributed by atoms with Gasteiger partial charge in [-0.25, -0.2) is 4.98 Å². The first kappa shape index (κ1) is 17.7. The Kier molecular flexibility index (Phi) is 5.68. The third-order valence-corrected chi connectivity index (χ3v) is 3.73. The predicted octanol–water partition coefficient (Wildman–Crippen LogP) is 3.43. The molecule has 2 aromatic rings. The van der Waals surface area contributed by atoms with Gasteiger partial charge in [0, 0.05) is 18.8 Å². The van der Waals surface area contributed by atoms with Crippen molar-refractivity contribution in [2.75, 3.05) is 18.4 Å². The lowest BCUT2D eigenvalue weighted by Crippen LogP contribution is -2.31. The second-order valence-electron chi connectivity index (χ2n) is 5.72. The number of aryl methyl sites for hydroxylation is 2. The zero-order valence-electron chi connectivity index (χ0n) is 14.6. The number of hydrogen-bond donors (Lipinski definition) is 1. The number of rotatable bonds is 5. The number of anilines is 1. The van der Waals surface area contributed by atoms with Crippen molar-refractivity contribution in [1.29, 1.82) is 0 Å². The quantitative estimate of drug-likeness (QED) is 0.916. The smallest absolute Gasteiger partial charge is 0.274 e. The molecule has 0 spiro atoms. The van der Waals surface area contributed by atoms with Gasteiger partial charge in [0.15, 0.2) is 0 Å². The first-order valence-electron chi connectivity index (χ1n) is 8.10. The summed E-state index contributed by atoms with van der Waals surface area (Å²) in [6, 6.07) is 10.8. The van der Waals surface area contributed by atoms with Crippen LogP contribution in [0.5, 0.6) is 0 Å². The van der Waals surface area contributed by atoms with Gasteiger partial charge < -0.3 is 10.2 Å². The van der Waals surface area contributed by atoms with Crippen LogP contribution in [0.4, 0.5) is 5.69 Å². The summed E-state index contributed by atoms with van der Waals surface area (Å²) in [5.74, 6) is -0.491. The Morgan fingerprint density at radius 1 is 1.00 bits per heavy atom. The van der Waals surface area contributed by atoms with E-state index >= 15 is 0 Å². The summed E-state index contributed by atoms with van der Waals surface area (Å²) in [5.41, 5.74) is 3.38. The molecule has 5 nitrogen and oxygen atoms in total. The zero-order valence-corrected chi connectivity index (χ0v) is 14.6. The summed E-state index contributed by atoms with van der Waals surface area (Å²) in [6.45, 7) is 9.00. The molecule has 0 aliphatic carbocycles. The van der Waals surface area contributed by atoms with Gasteiger partial charge in [-0.15, -0.1) is 0 Å². The Hall–Kier alpha value is -2.69. The number of nitrogens with one attached hydrogen (secondary N) is 1. The highest BCUT2D eigenvalue weighted by Crippen LogP contribution is 2.15. The highest BCUT2D eigenvalue weighted by molar-refractivity contribution is 6.04. The average molecular weight is 325 g/mol. The van der Waals surface area contributed by atoms with Crippen LogP contribution in [-0.2, 0) is 0 Å². The largest absolute Gasteiger partial charge is 0.338 e. The van der Waals surface area contributed by atoms with Crippen LogP contribution in [0.2, 0.25) is 0 Å². The van der Waals surface area contributed by atoms with Gasteiger partial charge in [0.1, 0.15) is 11.4 Å². The van der Waals surface area contributed by atoms with Gasteiger partial charge in [0.2, 0.25) is 0 Å². The van der Waals surface area contributed by atoms with Crippen molar-refractivity contribution >= 4 is 17.5 Å². The Labute approximate surface area is 142 Å². The lowest BCUT2D eigenvalue weighted by atomic mass is 10.1. The maximum Gasteiger partial charge on any atom is 0.274 e. The second-order valence-corrected chi connectivity index (χ2v) is 5.72. The molecule has 2 amide bonds. The van der Waals surface area contributed by atoms with Crippen molar-refractivity contribution < 1.29 is 9.59 Å². The number of benzene rings is 1. The molecule has 1 aromatic heterocycles. The number of hydrogen-bond acceptors (Lipinski definition) is 3. The molecule has 5 heteroatoms. The van der Waals surface area contributed by atoms with Crippen LogP contribution in [0.3, 0.4) is 0 Å². The van der Waals surface area contributed by atoms with Crippen LogP contribution in [-0.4, -0.2) is 34.8 Å². The molecule has 0 radical (unpaired) electrons. The molecule has 0 aliphatic rings. The minimum Gasteiger partial charge on any atom is -0.338 e. The van der Waals surface area contributed by atoms with E-state index in [1.165, 1.54) is 0 Å². The van der Waals surface area contributed by atoms with E-state index in [1.807, 2.05) is 45.9 Å². The van der Waals surface area contributed by atoms with E-state index in [9.17, 15) is 9.59 Å². The Morgan fingerprint density at radius 2 is 1.58 bits per heavy atom. The highest BCUT2D eigenvalue weighted by Gasteiger charge is 2.16. The summed E-state index contributed by atoms with van der Waals surface area (Å²) >= 11 is 0. The van der Waals surface area contributed by atoms with Crippen LogP contribution < -0.4 is 5.32 Å². The van der Waals surface area contributed by atoms with Crippen LogP contribution in [0.25, 0.3) is 0 Å². The summed E-state index contributed by atoms with van der Waals surface area (Å²) in [4.78, 5) is 30.7. The fourth-order valence-corrected chi connectivity index (χ4v) is 2.60. The van der Waals surface area contributed by atoms with E-state index in [0.29, 0.717) is 13.1 Å². The van der Waals surface area contributed by atoms with Gasteiger partial charge in [-0.1, -0.05) is 12.1 Å². The monoisotopic (exact) mass is 325 g/mol. The van der Waals surface area contributed by atoms with Crippen molar-refractivity contribution in [3.8, 4) is 0 Å². The molecule has 24 heavy (non-hydrogen) atoms. The highest BCUT2D eigenvalue weighted by atomic mass is 16.2. The van der Waals surface area contributed by atoms with E-state index in [-0.39, 0.29) is 23.2 Å². The second kappa shape index (κ2) is 7.73. The third-order valence-electron chi connectivity index (χ3n) is 3.73. The Morgan fingerprint density at radius 3 is 2.17 bits per heavy atom. The standard InChI is InChI=1S/C19H23N3O2/c1-5-22(6-2)19(24)17-9-7-8-16(21-17)18(23)20-15-11-13(3)10-14(4)12-15/h7-12H,5-6H2,1-4H3,(H,20,23). The molecular weight excluding hydrogens is 302 g/mol. The first-order valence-corrected chi connectivity index (χ1v) is 8.10. The van der Waals surface area contributed by atoms with Gasteiger partial charge in [0.05, 0.1) is 0 Å². The molecule has 0 aliphatic heterocycles. The molecule has 1 heterocycles. The van der Waals surface area contributed by atoms with Crippen molar-refractivity contribution in [3.05, 3.63) is 58.9 Å². The first-order chi connectivity index (χ1) is 11.4. The number of carbonyl (C=O) groups excluding carboxylic acids is 2. The Bertz CT molecular complexity index is 732. The lowest BCUT2D eigenvalue weighted by molar-refractivity contribution is 0.0767. The van der Waals surface area contributed by atoms with E-state index in [2.05, 4.69) is 10.3 Å². The topological polar surface area (TPSA) is 62.3 Å². The van der Waals surface area contributed by atoms with E-state index in [4.69, 9.17) is 0 Å². The van der Waals surface area contributed by atoms with Gasteiger partial charge in [-0.3, -0.25) is 9.59 Å². The fourth-order valence-electron chi connectivity index (χ4n) is 2.60.